The molecule has 0 bridgehead atoms. The number of rotatable bonds is 6. The Balaban J connectivity index is 1.45. The standard InChI is InChI=1S/C31H20ClFN4O5S/c1-17-27(29(38)35-21-5-3-2-4-6-21)28(18-7-10-20(33)11-8-18)36-30(39)26(43-31(36)34-17)16-22-12-14-25(42-22)23-13-9-19(32)15-24(23)37(40)41/h2-16,28H,1H3,(H,35,38)/b26-16-/t28-/m0/s1. The van der Waals surface area contributed by atoms with E-state index in [0.717, 1.165) is 11.3 Å². The molecule has 214 valence electrons. The number of hydrogen-bond acceptors (Lipinski definition) is 7. The van der Waals surface area contributed by atoms with E-state index in [1.807, 2.05) is 6.07 Å². The number of nitrogens with zero attached hydrogens (tertiary/aromatic N) is 3. The number of amides is 1. The van der Waals surface area contributed by atoms with Gasteiger partial charge in [0.05, 0.1) is 32.3 Å². The molecule has 9 nitrogen and oxygen atoms in total. The van der Waals surface area contributed by atoms with Gasteiger partial charge in [-0.05, 0) is 61.0 Å². The van der Waals surface area contributed by atoms with Crippen molar-refractivity contribution < 1.29 is 18.5 Å². The summed E-state index contributed by atoms with van der Waals surface area (Å²) in [6, 6.07) is 21.0. The van der Waals surface area contributed by atoms with Gasteiger partial charge < -0.3 is 9.73 Å². The average Bonchev–Trinajstić information content (AvgIpc) is 3.57. The van der Waals surface area contributed by atoms with E-state index in [1.165, 1.54) is 53.1 Å². The maximum Gasteiger partial charge on any atom is 0.281 e. The lowest BCUT2D eigenvalue weighted by Gasteiger charge is -2.25. The third kappa shape index (κ3) is 5.43. The van der Waals surface area contributed by atoms with Crippen LogP contribution in [0.1, 0.15) is 24.3 Å². The van der Waals surface area contributed by atoms with E-state index in [9.17, 15) is 24.1 Å². The second kappa shape index (κ2) is 11.3. The zero-order valence-electron chi connectivity index (χ0n) is 22.3. The van der Waals surface area contributed by atoms with Gasteiger partial charge in [0.1, 0.15) is 17.3 Å². The molecule has 0 fully saturated rings. The lowest BCUT2D eigenvalue weighted by atomic mass is 9.95. The monoisotopic (exact) mass is 614 g/mol. The number of carbonyl (C=O) groups excluding carboxylic acids is 1. The number of benzene rings is 3. The molecule has 5 aromatic rings. The van der Waals surface area contributed by atoms with Gasteiger partial charge in [-0.1, -0.05) is 53.3 Å². The van der Waals surface area contributed by atoms with Crippen LogP contribution in [0.15, 0.2) is 110 Å². The van der Waals surface area contributed by atoms with E-state index >= 15 is 0 Å². The number of aromatic nitrogens is 1. The molecule has 3 heterocycles. The summed E-state index contributed by atoms with van der Waals surface area (Å²) in [6.07, 6.45) is 1.51. The Kier molecular flexibility index (Phi) is 7.34. The molecule has 1 aliphatic rings. The van der Waals surface area contributed by atoms with Crippen molar-refractivity contribution in [3.63, 3.8) is 0 Å². The van der Waals surface area contributed by atoms with Crippen LogP contribution in [-0.2, 0) is 4.79 Å². The number of halogens is 2. The molecule has 0 radical (unpaired) electrons. The number of nitro groups is 1. The van der Waals surface area contributed by atoms with Gasteiger partial charge in [0.2, 0.25) is 0 Å². The fourth-order valence-electron chi connectivity index (χ4n) is 4.86. The molecule has 43 heavy (non-hydrogen) atoms. The molecule has 1 aliphatic heterocycles. The molecule has 3 aromatic carbocycles. The Bertz CT molecular complexity index is 2120. The van der Waals surface area contributed by atoms with Crippen LogP contribution in [0, 0.1) is 15.9 Å². The van der Waals surface area contributed by atoms with Crippen LogP contribution in [0.4, 0.5) is 15.8 Å². The Morgan fingerprint density at radius 3 is 2.58 bits per heavy atom. The van der Waals surface area contributed by atoms with Gasteiger partial charge in [-0.2, -0.15) is 0 Å². The normalized spacial score (nSPS) is 14.8. The summed E-state index contributed by atoms with van der Waals surface area (Å²) < 4.78 is 21.4. The van der Waals surface area contributed by atoms with Gasteiger partial charge in [-0.3, -0.25) is 24.3 Å². The topological polar surface area (TPSA) is 120 Å². The van der Waals surface area contributed by atoms with Crippen molar-refractivity contribution in [1.82, 2.24) is 4.57 Å². The zero-order chi connectivity index (χ0) is 30.2. The van der Waals surface area contributed by atoms with Gasteiger partial charge in [-0.15, -0.1) is 0 Å². The highest BCUT2D eigenvalue weighted by atomic mass is 35.5. The zero-order valence-corrected chi connectivity index (χ0v) is 23.9. The Labute approximate surface area is 251 Å². The average molecular weight is 615 g/mol. The lowest BCUT2D eigenvalue weighted by Crippen LogP contribution is -2.40. The number of nitro benzene ring substituents is 1. The van der Waals surface area contributed by atoms with E-state index in [-0.39, 0.29) is 37.9 Å². The number of nitrogens with one attached hydrogen (secondary N) is 1. The maximum absolute atomic E-state index is 13.9. The number of para-hydroxylation sites is 1. The molecule has 0 aliphatic carbocycles. The minimum Gasteiger partial charge on any atom is -0.456 e. The fraction of sp³-hybridized carbons (Fsp3) is 0.0645. The molecular formula is C31H20ClFN4O5S. The smallest absolute Gasteiger partial charge is 0.281 e. The van der Waals surface area contributed by atoms with E-state index in [0.29, 0.717) is 21.7 Å². The van der Waals surface area contributed by atoms with Crippen LogP contribution < -0.4 is 20.2 Å². The highest BCUT2D eigenvalue weighted by Crippen LogP contribution is 2.34. The highest BCUT2D eigenvalue weighted by molar-refractivity contribution is 7.07. The molecule has 6 rings (SSSR count). The number of hydrogen-bond donors (Lipinski definition) is 1. The molecule has 0 spiro atoms. The number of allylic oxidation sites excluding steroid dienone is 1. The van der Waals surface area contributed by atoms with Crippen LogP contribution in [0.25, 0.3) is 17.4 Å². The SMILES string of the molecule is CC1=C(C(=O)Nc2ccccc2)[C@H](c2ccc(F)cc2)n2c(s/c(=C\c3ccc(-c4ccc(Cl)cc4[N+](=O)[O-])o3)c2=O)=N1. The minimum atomic E-state index is -0.883. The van der Waals surface area contributed by atoms with Crippen molar-refractivity contribution in [2.45, 2.75) is 13.0 Å². The van der Waals surface area contributed by atoms with Crippen LogP contribution >= 0.6 is 22.9 Å². The van der Waals surface area contributed by atoms with E-state index in [1.54, 1.807) is 43.3 Å². The molecule has 12 heteroatoms. The number of fused-ring (bicyclic) bond motifs is 1. The summed E-state index contributed by atoms with van der Waals surface area (Å²) in [5.74, 6) is -0.402. The number of carbonyl (C=O) groups is 1. The van der Waals surface area contributed by atoms with Gasteiger partial charge in [0.15, 0.2) is 4.80 Å². The van der Waals surface area contributed by atoms with Crippen molar-refractivity contribution in [3.8, 4) is 11.3 Å². The summed E-state index contributed by atoms with van der Waals surface area (Å²) in [4.78, 5) is 43.4. The van der Waals surface area contributed by atoms with E-state index < -0.39 is 28.2 Å². The molecule has 2 aromatic heterocycles. The first-order valence-electron chi connectivity index (χ1n) is 12.9. The minimum absolute atomic E-state index is 0.214. The Morgan fingerprint density at radius 1 is 1.12 bits per heavy atom. The van der Waals surface area contributed by atoms with Gasteiger partial charge in [0.25, 0.3) is 17.2 Å². The largest absolute Gasteiger partial charge is 0.456 e. The third-order valence-electron chi connectivity index (χ3n) is 6.81. The van der Waals surface area contributed by atoms with Gasteiger partial charge in [0, 0.05) is 22.9 Å². The number of furan rings is 1. The summed E-state index contributed by atoms with van der Waals surface area (Å²) >= 11 is 7.04. The first kappa shape index (κ1) is 28.0. The lowest BCUT2D eigenvalue weighted by molar-refractivity contribution is -0.384. The molecule has 1 amide bonds. The summed E-state index contributed by atoms with van der Waals surface area (Å²) in [5, 5.41) is 14.6. The predicted octanol–water partition coefficient (Wildman–Crippen LogP) is 5.83. The summed E-state index contributed by atoms with van der Waals surface area (Å²) in [6.45, 7) is 1.69. The molecule has 1 atom stereocenters. The third-order valence-corrected chi connectivity index (χ3v) is 8.02. The second-order valence-electron chi connectivity index (χ2n) is 9.57. The Morgan fingerprint density at radius 2 is 1.86 bits per heavy atom. The quantitative estimate of drug-likeness (QED) is 0.190. The molecule has 0 unspecified atom stereocenters. The van der Waals surface area contributed by atoms with Crippen LogP contribution in [0.5, 0.6) is 0 Å². The fourth-order valence-corrected chi connectivity index (χ4v) is 6.05. The van der Waals surface area contributed by atoms with Crippen molar-refractivity contribution in [2.24, 2.45) is 4.99 Å². The second-order valence-corrected chi connectivity index (χ2v) is 11.0. The molecule has 0 saturated carbocycles. The predicted molar refractivity (Wildman–Crippen MR) is 161 cm³/mol. The van der Waals surface area contributed by atoms with Crippen LogP contribution in [0.3, 0.4) is 0 Å². The summed E-state index contributed by atoms with van der Waals surface area (Å²) in [5.41, 5.74) is 1.32. The first-order valence-corrected chi connectivity index (χ1v) is 14.1. The number of anilines is 1. The van der Waals surface area contributed by atoms with Crippen LogP contribution in [-0.4, -0.2) is 15.4 Å². The van der Waals surface area contributed by atoms with Crippen molar-refractivity contribution in [3.05, 3.63) is 148 Å². The molecule has 1 N–H and O–H groups in total. The van der Waals surface area contributed by atoms with Crippen molar-refractivity contribution in [1.29, 1.82) is 0 Å². The summed E-state index contributed by atoms with van der Waals surface area (Å²) in [7, 11) is 0. The number of thiazole rings is 1. The van der Waals surface area contributed by atoms with Gasteiger partial charge in [-0.25, -0.2) is 9.38 Å². The molecular weight excluding hydrogens is 595 g/mol. The molecule has 0 saturated heterocycles. The Hall–Kier alpha value is -5.13. The van der Waals surface area contributed by atoms with Crippen molar-refractivity contribution in [2.75, 3.05) is 5.32 Å². The van der Waals surface area contributed by atoms with E-state index in [4.69, 9.17) is 16.0 Å². The maximum atomic E-state index is 13.9. The highest BCUT2D eigenvalue weighted by Gasteiger charge is 2.32. The van der Waals surface area contributed by atoms with Crippen molar-refractivity contribution >= 4 is 46.3 Å². The van der Waals surface area contributed by atoms with Crippen LogP contribution in [0.2, 0.25) is 5.02 Å². The first-order chi connectivity index (χ1) is 20.7. The van der Waals surface area contributed by atoms with Gasteiger partial charge >= 0.3 is 0 Å². The van der Waals surface area contributed by atoms with E-state index in [2.05, 4.69) is 10.3 Å².